The van der Waals surface area contributed by atoms with Gasteiger partial charge in [-0.2, -0.15) is 0 Å². The van der Waals surface area contributed by atoms with Crippen LogP contribution in [-0.2, 0) is 6.42 Å². The normalized spacial score (nSPS) is 14.0. The molecule has 72 valence electrons. The smallest absolute Gasteiger partial charge is 0.0180 e. The van der Waals surface area contributed by atoms with Crippen molar-refractivity contribution in [3.8, 4) is 0 Å². The standard InChI is InChI=1S/C10H20Si3/c1-9-3-5-10(6-4-9)7-8-13(2)12-11/h3-6,13H,7-8,12H2,1-2,11H3. The van der Waals surface area contributed by atoms with Gasteiger partial charge in [-0.3, -0.25) is 0 Å². The van der Waals surface area contributed by atoms with Gasteiger partial charge in [0, 0.05) is 8.31 Å². The molecule has 0 saturated carbocycles. The zero-order valence-corrected chi connectivity index (χ0v) is 13.6. The second kappa shape index (κ2) is 5.57. The molecule has 0 nitrogen and oxygen atoms in total. The molecule has 0 radical (unpaired) electrons. The Morgan fingerprint density at radius 3 is 2.46 bits per heavy atom. The molecule has 0 aliphatic carbocycles. The Balaban J connectivity index is 2.41. The third-order valence-corrected chi connectivity index (χ3v) is 23.4. The Hall–Kier alpha value is -0.129. The zero-order chi connectivity index (χ0) is 9.68. The summed E-state index contributed by atoms with van der Waals surface area (Å²) in [6, 6.07) is 10.6. The zero-order valence-electron chi connectivity index (χ0n) is 9.01. The number of hydrogen-bond donors (Lipinski definition) is 0. The lowest BCUT2D eigenvalue weighted by atomic mass is 10.1. The monoisotopic (exact) mass is 224 g/mol. The van der Waals surface area contributed by atoms with Gasteiger partial charge in [0.05, 0.1) is 0 Å². The topological polar surface area (TPSA) is 0 Å². The first kappa shape index (κ1) is 10.9. The summed E-state index contributed by atoms with van der Waals surface area (Å²) in [5.41, 5.74) is 2.93. The van der Waals surface area contributed by atoms with Crippen LogP contribution in [0, 0.1) is 6.92 Å². The van der Waals surface area contributed by atoms with Crippen LogP contribution < -0.4 is 0 Å². The van der Waals surface area contributed by atoms with Crippen molar-refractivity contribution < 1.29 is 0 Å². The Labute approximate surface area is 88.2 Å². The third-order valence-electron chi connectivity index (χ3n) is 2.74. The van der Waals surface area contributed by atoms with Gasteiger partial charge in [-0.1, -0.05) is 42.4 Å². The van der Waals surface area contributed by atoms with Crippen LogP contribution in [0.4, 0.5) is 0 Å². The Morgan fingerprint density at radius 2 is 1.92 bits per heavy atom. The van der Waals surface area contributed by atoms with Gasteiger partial charge < -0.3 is 0 Å². The van der Waals surface area contributed by atoms with E-state index in [1.54, 1.807) is 21.4 Å². The van der Waals surface area contributed by atoms with Crippen molar-refractivity contribution in [1.82, 2.24) is 0 Å². The minimum Gasteiger partial charge on any atom is -0.0746 e. The fourth-order valence-electron chi connectivity index (χ4n) is 1.37. The minimum absolute atomic E-state index is 0.163. The van der Waals surface area contributed by atoms with Crippen LogP contribution in [0.2, 0.25) is 12.6 Å². The minimum atomic E-state index is -0.163. The molecule has 0 aliphatic rings. The lowest BCUT2D eigenvalue weighted by molar-refractivity contribution is 1.12. The number of rotatable bonds is 4. The van der Waals surface area contributed by atoms with Crippen molar-refractivity contribution in [2.45, 2.75) is 25.9 Å². The summed E-state index contributed by atoms with van der Waals surface area (Å²) < 4.78 is 0. The summed E-state index contributed by atoms with van der Waals surface area (Å²) in [6.07, 6.45) is 1.35. The van der Waals surface area contributed by atoms with Crippen LogP contribution in [0.5, 0.6) is 0 Å². The molecule has 13 heavy (non-hydrogen) atoms. The number of aryl methyl sites for hydroxylation is 2. The van der Waals surface area contributed by atoms with Crippen LogP contribution in [-0.4, -0.2) is 26.6 Å². The Morgan fingerprint density at radius 1 is 1.31 bits per heavy atom. The molecule has 1 aromatic rings. The van der Waals surface area contributed by atoms with Gasteiger partial charge in [0.15, 0.2) is 0 Å². The van der Waals surface area contributed by atoms with E-state index in [9.17, 15) is 0 Å². The van der Waals surface area contributed by atoms with Crippen LogP contribution in [0.25, 0.3) is 0 Å². The fourth-order valence-corrected chi connectivity index (χ4v) is 8.12. The summed E-state index contributed by atoms with van der Waals surface area (Å²) in [7, 11) is 1.88. The summed E-state index contributed by atoms with van der Waals surface area (Å²) >= 11 is 0. The Kier molecular flexibility index (Phi) is 4.69. The second-order valence-corrected chi connectivity index (χ2v) is 21.6. The molecule has 0 saturated heterocycles. The maximum atomic E-state index is 2.56. The van der Waals surface area contributed by atoms with E-state index < -0.39 is 0 Å². The van der Waals surface area contributed by atoms with Gasteiger partial charge in [0.25, 0.3) is 0 Å². The van der Waals surface area contributed by atoms with Crippen molar-refractivity contribution in [3.05, 3.63) is 35.4 Å². The number of hydrogen-bond acceptors (Lipinski definition) is 0. The summed E-state index contributed by atoms with van der Waals surface area (Å²) in [5, 5.41) is 0. The SMILES string of the molecule is Cc1ccc(CC[SiH](C)[SiH2][SiH3])cc1. The van der Waals surface area contributed by atoms with E-state index in [0.29, 0.717) is 8.55 Å². The average Bonchev–Trinajstić information content (AvgIpc) is 2.16. The molecule has 1 aromatic carbocycles. The van der Waals surface area contributed by atoms with Gasteiger partial charge >= 0.3 is 0 Å². The van der Waals surface area contributed by atoms with Crippen molar-refractivity contribution in [2.75, 3.05) is 0 Å². The lowest BCUT2D eigenvalue weighted by Gasteiger charge is -2.06. The van der Waals surface area contributed by atoms with Gasteiger partial charge in [-0.25, -0.2) is 0 Å². The highest BCUT2D eigenvalue weighted by atomic mass is 29.5. The van der Waals surface area contributed by atoms with Gasteiger partial charge in [0.1, 0.15) is 0 Å². The molecule has 0 N–H and O–H groups in total. The molecular weight excluding hydrogens is 204 g/mol. The van der Waals surface area contributed by atoms with E-state index in [-0.39, 0.29) is 8.31 Å². The van der Waals surface area contributed by atoms with Crippen LogP contribution in [0.15, 0.2) is 24.3 Å². The number of benzene rings is 1. The van der Waals surface area contributed by atoms with Crippen molar-refractivity contribution >= 4 is 26.6 Å². The molecule has 3 heteroatoms. The molecule has 0 amide bonds. The Bertz CT molecular complexity index is 243. The van der Waals surface area contributed by atoms with Crippen LogP contribution in [0.1, 0.15) is 11.1 Å². The summed E-state index contributed by atoms with van der Waals surface area (Å²) in [4.78, 5) is 0. The molecule has 0 fully saturated rings. The first-order chi connectivity index (χ1) is 6.22. The summed E-state index contributed by atoms with van der Waals surface area (Å²) in [5.74, 6) is 0. The maximum absolute atomic E-state index is 2.56. The molecule has 1 atom stereocenters. The second-order valence-electron chi connectivity index (χ2n) is 4.04. The maximum Gasteiger partial charge on any atom is 0.0180 e. The fraction of sp³-hybridized carbons (Fsp3) is 0.400. The lowest BCUT2D eigenvalue weighted by Crippen LogP contribution is -2.18. The van der Waals surface area contributed by atoms with Crippen molar-refractivity contribution in [3.63, 3.8) is 0 Å². The van der Waals surface area contributed by atoms with Gasteiger partial charge in [-0.05, 0) is 37.2 Å². The van der Waals surface area contributed by atoms with E-state index >= 15 is 0 Å². The first-order valence-corrected chi connectivity index (χ1v) is 16.2. The first-order valence-electron chi connectivity index (χ1n) is 5.28. The molecule has 0 aromatic heterocycles. The van der Waals surface area contributed by atoms with E-state index in [4.69, 9.17) is 0 Å². The molecule has 0 spiro atoms. The van der Waals surface area contributed by atoms with Crippen molar-refractivity contribution in [2.24, 2.45) is 0 Å². The highest BCUT2D eigenvalue weighted by Gasteiger charge is 2.01. The highest BCUT2D eigenvalue weighted by molar-refractivity contribution is 7.31. The molecule has 0 aliphatic heterocycles. The third kappa shape index (κ3) is 4.06. The van der Waals surface area contributed by atoms with Crippen LogP contribution in [0.3, 0.4) is 0 Å². The van der Waals surface area contributed by atoms with E-state index in [2.05, 4.69) is 37.7 Å². The molecule has 0 bridgehead atoms. The van der Waals surface area contributed by atoms with Gasteiger partial charge in [-0.15, -0.1) is 0 Å². The van der Waals surface area contributed by atoms with E-state index in [1.165, 1.54) is 12.0 Å². The average molecular weight is 225 g/mol. The van der Waals surface area contributed by atoms with Gasteiger partial charge in [0.2, 0.25) is 0 Å². The molecule has 1 rings (SSSR count). The predicted octanol–water partition coefficient (Wildman–Crippen LogP) is 0.340. The quantitative estimate of drug-likeness (QED) is 0.647. The molecule has 0 heterocycles. The predicted molar refractivity (Wildman–Crippen MR) is 71.2 cm³/mol. The summed E-state index contributed by atoms with van der Waals surface area (Å²) in [6.45, 7) is 4.72. The molecular formula is C10H20Si3. The molecule has 1 unspecified atom stereocenters. The largest absolute Gasteiger partial charge is 0.0746 e. The highest BCUT2D eigenvalue weighted by Crippen LogP contribution is 2.07. The van der Waals surface area contributed by atoms with E-state index in [0.717, 1.165) is 0 Å². The van der Waals surface area contributed by atoms with Crippen molar-refractivity contribution in [1.29, 1.82) is 0 Å². The van der Waals surface area contributed by atoms with Crippen LogP contribution >= 0.6 is 0 Å². The van der Waals surface area contributed by atoms with E-state index in [1.807, 2.05) is 0 Å².